The molecule has 1 unspecified atom stereocenters. The summed E-state index contributed by atoms with van der Waals surface area (Å²) in [5.41, 5.74) is 1.11. The standard InChI is InChI=1S/C16H27N3O2S.HI/c1-3-17-16(18-10-7-12-21-2)19-11-13-22(20)14-15-8-5-4-6-9-15;/h4-6,8-9H,3,7,10-14H2,1-2H3,(H2,17,18,19);1H. The van der Waals surface area contributed by atoms with Gasteiger partial charge in [-0.3, -0.25) is 9.20 Å². The number of rotatable bonds is 10. The molecule has 0 aromatic heterocycles. The number of methoxy groups -OCH3 is 1. The smallest absolute Gasteiger partial charge is 0.191 e. The first-order valence-electron chi connectivity index (χ1n) is 7.66. The zero-order chi connectivity index (χ0) is 16.0. The first-order chi connectivity index (χ1) is 10.8. The predicted octanol–water partition coefficient (Wildman–Crippen LogP) is 2.14. The van der Waals surface area contributed by atoms with E-state index in [9.17, 15) is 4.21 Å². The third-order valence-corrected chi connectivity index (χ3v) is 4.23. The van der Waals surface area contributed by atoms with Crippen LogP contribution in [0.5, 0.6) is 0 Å². The molecule has 2 N–H and O–H groups in total. The topological polar surface area (TPSA) is 62.7 Å². The molecule has 0 aliphatic rings. The van der Waals surface area contributed by atoms with E-state index in [2.05, 4.69) is 15.6 Å². The van der Waals surface area contributed by atoms with E-state index in [4.69, 9.17) is 4.74 Å². The summed E-state index contributed by atoms with van der Waals surface area (Å²) in [4.78, 5) is 4.45. The van der Waals surface area contributed by atoms with Crippen molar-refractivity contribution in [2.45, 2.75) is 19.1 Å². The molecule has 0 fully saturated rings. The lowest BCUT2D eigenvalue weighted by Gasteiger charge is -2.11. The highest BCUT2D eigenvalue weighted by molar-refractivity contribution is 14.0. The third-order valence-electron chi connectivity index (χ3n) is 2.91. The molecular formula is C16H28IN3O2S. The minimum atomic E-state index is -0.865. The number of halogens is 1. The average Bonchev–Trinajstić information content (AvgIpc) is 2.52. The summed E-state index contributed by atoms with van der Waals surface area (Å²) in [7, 11) is 0.824. The van der Waals surface area contributed by atoms with Crippen LogP contribution in [0.15, 0.2) is 35.3 Å². The monoisotopic (exact) mass is 453 g/mol. The van der Waals surface area contributed by atoms with Gasteiger partial charge in [0.05, 0.1) is 0 Å². The molecule has 0 aliphatic heterocycles. The highest BCUT2D eigenvalue weighted by Crippen LogP contribution is 2.02. The quantitative estimate of drug-likeness (QED) is 0.247. The van der Waals surface area contributed by atoms with Gasteiger partial charge in [-0.05, 0) is 18.9 Å². The second-order valence-electron chi connectivity index (χ2n) is 4.81. The maximum absolute atomic E-state index is 12.0. The first kappa shape index (κ1) is 22.3. The molecule has 0 heterocycles. The lowest BCUT2D eigenvalue weighted by Crippen LogP contribution is -2.39. The van der Waals surface area contributed by atoms with E-state index in [1.54, 1.807) is 7.11 Å². The van der Waals surface area contributed by atoms with Crippen molar-refractivity contribution >= 4 is 40.7 Å². The molecule has 1 rings (SSSR count). The fraction of sp³-hybridized carbons (Fsp3) is 0.562. The molecule has 0 bridgehead atoms. The molecule has 0 amide bonds. The van der Waals surface area contributed by atoms with Crippen LogP contribution in [-0.4, -0.2) is 49.3 Å². The summed E-state index contributed by atoms with van der Waals surface area (Å²) in [6.07, 6.45) is 0.896. The molecule has 0 spiro atoms. The second-order valence-corrected chi connectivity index (χ2v) is 6.38. The van der Waals surface area contributed by atoms with Crippen LogP contribution in [0, 0.1) is 0 Å². The van der Waals surface area contributed by atoms with Crippen LogP contribution in [-0.2, 0) is 21.3 Å². The number of benzene rings is 1. The van der Waals surface area contributed by atoms with E-state index in [1.807, 2.05) is 37.3 Å². The van der Waals surface area contributed by atoms with Gasteiger partial charge in [-0.25, -0.2) is 0 Å². The number of hydrogen-bond acceptors (Lipinski definition) is 3. The number of ether oxygens (including phenoxy) is 1. The molecular weight excluding hydrogens is 425 g/mol. The second kappa shape index (κ2) is 14.9. The summed E-state index contributed by atoms with van der Waals surface area (Å²) in [5.74, 6) is 1.98. The van der Waals surface area contributed by atoms with Crippen LogP contribution in [0.3, 0.4) is 0 Å². The molecule has 23 heavy (non-hydrogen) atoms. The van der Waals surface area contributed by atoms with Gasteiger partial charge in [-0.1, -0.05) is 30.3 Å². The maximum Gasteiger partial charge on any atom is 0.191 e. The zero-order valence-electron chi connectivity index (χ0n) is 13.9. The van der Waals surface area contributed by atoms with Gasteiger partial charge in [0.25, 0.3) is 0 Å². The number of guanidine groups is 1. The van der Waals surface area contributed by atoms with Gasteiger partial charge in [-0.15, -0.1) is 24.0 Å². The van der Waals surface area contributed by atoms with Crippen LogP contribution in [0.1, 0.15) is 18.9 Å². The Bertz CT molecular complexity index is 458. The van der Waals surface area contributed by atoms with E-state index in [1.165, 1.54) is 0 Å². The van der Waals surface area contributed by atoms with E-state index < -0.39 is 10.8 Å². The van der Waals surface area contributed by atoms with E-state index in [0.717, 1.165) is 31.0 Å². The van der Waals surface area contributed by atoms with Crippen LogP contribution in [0.25, 0.3) is 0 Å². The first-order valence-corrected chi connectivity index (χ1v) is 9.15. The van der Waals surface area contributed by atoms with Gasteiger partial charge in [0.15, 0.2) is 5.96 Å². The van der Waals surface area contributed by atoms with Crippen LogP contribution in [0.2, 0.25) is 0 Å². The normalized spacial score (nSPS) is 12.3. The van der Waals surface area contributed by atoms with Crippen molar-refractivity contribution in [1.29, 1.82) is 0 Å². The Morgan fingerprint density at radius 2 is 2.00 bits per heavy atom. The zero-order valence-corrected chi connectivity index (χ0v) is 17.1. The summed E-state index contributed by atoms with van der Waals surface area (Å²) >= 11 is 0. The van der Waals surface area contributed by atoms with Crippen LogP contribution < -0.4 is 10.6 Å². The van der Waals surface area contributed by atoms with E-state index in [-0.39, 0.29) is 24.0 Å². The number of nitrogens with zero attached hydrogens (tertiary/aromatic N) is 1. The Labute approximate surface area is 159 Å². The van der Waals surface area contributed by atoms with Gasteiger partial charge < -0.3 is 15.4 Å². The number of nitrogens with one attached hydrogen (secondary N) is 2. The van der Waals surface area contributed by atoms with Crippen molar-refractivity contribution < 1.29 is 8.95 Å². The molecule has 0 saturated carbocycles. The van der Waals surface area contributed by atoms with Crippen molar-refractivity contribution in [2.24, 2.45) is 4.99 Å². The largest absolute Gasteiger partial charge is 0.385 e. The molecule has 1 atom stereocenters. The maximum atomic E-state index is 12.0. The summed E-state index contributed by atoms with van der Waals surface area (Å²) in [6.45, 7) is 4.92. The molecule has 1 aromatic rings. The van der Waals surface area contributed by atoms with Crippen molar-refractivity contribution in [3.05, 3.63) is 35.9 Å². The summed E-state index contributed by atoms with van der Waals surface area (Å²) in [5, 5.41) is 6.40. The minimum absolute atomic E-state index is 0. The van der Waals surface area contributed by atoms with Gasteiger partial charge in [0.1, 0.15) is 0 Å². The molecule has 1 aromatic carbocycles. The highest BCUT2D eigenvalue weighted by Gasteiger charge is 2.02. The Morgan fingerprint density at radius 3 is 2.65 bits per heavy atom. The predicted molar refractivity (Wildman–Crippen MR) is 109 cm³/mol. The third kappa shape index (κ3) is 11.5. The van der Waals surface area contributed by atoms with Crippen molar-refractivity contribution in [3.8, 4) is 0 Å². The Kier molecular flexibility index (Phi) is 14.5. The van der Waals surface area contributed by atoms with E-state index >= 15 is 0 Å². The van der Waals surface area contributed by atoms with Crippen LogP contribution in [0.4, 0.5) is 0 Å². The van der Waals surface area contributed by atoms with E-state index in [0.29, 0.717) is 24.7 Å². The fourth-order valence-electron chi connectivity index (χ4n) is 1.86. The van der Waals surface area contributed by atoms with Crippen molar-refractivity contribution in [3.63, 3.8) is 0 Å². The molecule has 0 aliphatic carbocycles. The SMILES string of the molecule is CCNC(=NCCCOC)NCCS(=O)Cc1ccccc1.I. The van der Waals surface area contributed by atoms with Gasteiger partial charge >= 0.3 is 0 Å². The number of aliphatic imine (C=N–C) groups is 1. The Balaban J connectivity index is 0.00000484. The Morgan fingerprint density at radius 1 is 1.26 bits per heavy atom. The molecule has 0 saturated heterocycles. The Hall–Kier alpha value is -0.670. The average molecular weight is 453 g/mol. The highest BCUT2D eigenvalue weighted by atomic mass is 127. The van der Waals surface area contributed by atoms with Gasteiger partial charge in [0.2, 0.25) is 0 Å². The lowest BCUT2D eigenvalue weighted by atomic mass is 10.2. The lowest BCUT2D eigenvalue weighted by molar-refractivity contribution is 0.197. The number of hydrogen-bond donors (Lipinski definition) is 2. The molecule has 0 radical (unpaired) electrons. The van der Waals surface area contributed by atoms with Gasteiger partial charge in [-0.2, -0.15) is 0 Å². The molecule has 5 nitrogen and oxygen atoms in total. The minimum Gasteiger partial charge on any atom is -0.385 e. The molecule has 7 heteroatoms. The summed E-state index contributed by atoms with van der Waals surface area (Å²) in [6, 6.07) is 9.93. The molecule has 132 valence electrons. The fourth-order valence-corrected chi connectivity index (χ4v) is 2.90. The van der Waals surface area contributed by atoms with Crippen LogP contribution >= 0.6 is 24.0 Å². The van der Waals surface area contributed by atoms with Crippen molar-refractivity contribution in [1.82, 2.24) is 10.6 Å². The van der Waals surface area contributed by atoms with Gasteiger partial charge in [0, 0.05) is 55.7 Å². The summed E-state index contributed by atoms with van der Waals surface area (Å²) < 4.78 is 17.0. The van der Waals surface area contributed by atoms with Crippen molar-refractivity contribution in [2.75, 3.05) is 39.1 Å².